The van der Waals surface area contributed by atoms with E-state index in [0.717, 1.165) is 11.1 Å². The van der Waals surface area contributed by atoms with Crippen molar-refractivity contribution in [2.45, 2.75) is 6.54 Å². The van der Waals surface area contributed by atoms with E-state index >= 15 is 0 Å². The van der Waals surface area contributed by atoms with Gasteiger partial charge in [-0.2, -0.15) is 4.98 Å². The van der Waals surface area contributed by atoms with E-state index in [2.05, 4.69) is 15.5 Å². The van der Waals surface area contributed by atoms with Gasteiger partial charge in [-0.3, -0.25) is 4.79 Å². The quantitative estimate of drug-likeness (QED) is 0.445. The Labute approximate surface area is 182 Å². The normalized spacial score (nSPS) is 10.6. The molecule has 0 fully saturated rings. The third kappa shape index (κ3) is 5.26. The zero-order valence-corrected chi connectivity index (χ0v) is 17.0. The molecule has 0 saturated carbocycles. The summed E-state index contributed by atoms with van der Waals surface area (Å²) in [5.74, 6) is 0.608. The highest BCUT2D eigenvalue weighted by molar-refractivity contribution is 6.30. The van der Waals surface area contributed by atoms with Gasteiger partial charge in [-0.1, -0.05) is 53.2 Å². The van der Waals surface area contributed by atoms with Crippen LogP contribution in [0.3, 0.4) is 0 Å². The van der Waals surface area contributed by atoms with Crippen LogP contribution in [0.2, 0.25) is 5.02 Å². The standard InChI is InChI=1S/C23H17ClFN3O3/c24-19-12-15(6-11-20(19)25)13-26-21(29)14-30-18-9-7-17(8-10-18)23-27-22(28-31-23)16-4-2-1-3-5-16/h1-12H,13-14H2,(H,26,29). The number of nitrogens with one attached hydrogen (secondary N) is 1. The van der Waals surface area contributed by atoms with Gasteiger partial charge in [0.1, 0.15) is 11.6 Å². The lowest BCUT2D eigenvalue weighted by Gasteiger charge is -2.08. The summed E-state index contributed by atoms with van der Waals surface area (Å²) in [7, 11) is 0. The number of hydrogen-bond acceptors (Lipinski definition) is 5. The van der Waals surface area contributed by atoms with E-state index < -0.39 is 5.82 Å². The Bertz CT molecular complexity index is 1180. The summed E-state index contributed by atoms with van der Waals surface area (Å²) in [6.45, 7) is 0.0645. The van der Waals surface area contributed by atoms with Gasteiger partial charge in [-0.25, -0.2) is 4.39 Å². The SMILES string of the molecule is O=C(COc1ccc(-c2nc(-c3ccccc3)no2)cc1)NCc1ccc(F)c(Cl)c1. The second-order valence-corrected chi connectivity index (χ2v) is 7.03. The van der Waals surface area contributed by atoms with Crippen molar-refractivity contribution in [3.8, 4) is 28.6 Å². The number of hydrogen-bond donors (Lipinski definition) is 1. The molecule has 0 atom stereocenters. The van der Waals surface area contributed by atoms with Crippen molar-refractivity contribution in [3.05, 3.63) is 89.2 Å². The summed E-state index contributed by atoms with van der Waals surface area (Å²) in [6, 6.07) is 20.8. The van der Waals surface area contributed by atoms with E-state index in [1.165, 1.54) is 12.1 Å². The molecule has 0 radical (unpaired) electrons. The Morgan fingerprint density at radius 1 is 1.03 bits per heavy atom. The summed E-state index contributed by atoms with van der Waals surface area (Å²) < 4.78 is 24.0. The smallest absolute Gasteiger partial charge is 0.258 e. The molecule has 4 rings (SSSR count). The highest BCUT2D eigenvalue weighted by Gasteiger charge is 2.11. The lowest BCUT2D eigenvalue weighted by molar-refractivity contribution is -0.123. The van der Waals surface area contributed by atoms with E-state index in [4.69, 9.17) is 20.9 Å². The molecule has 1 heterocycles. The van der Waals surface area contributed by atoms with Crippen molar-refractivity contribution in [2.24, 2.45) is 0 Å². The average Bonchev–Trinajstić information content (AvgIpc) is 3.30. The molecule has 31 heavy (non-hydrogen) atoms. The summed E-state index contributed by atoms with van der Waals surface area (Å²) >= 11 is 5.73. The molecule has 3 aromatic carbocycles. The van der Waals surface area contributed by atoms with E-state index in [9.17, 15) is 9.18 Å². The molecule has 4 aromatic rings. The van der Waals surface area contributed by atoms with Crippen LogP contribution in [0.25, 0.3) is 22.8 Å². The predicted octanol–water partition coefficient (Wildman–Crippen LogP) is 4.89. The van der Waals surface area contributed by atoms with Gasteiger partial charge in [0, 0.05) is 17.7 Å². The Morgan fingerprint density at radius 3 is 2.55 bits per heavy atom. The van der Waals surface area contributed by atoms with Gasteiger partial charge in [0.15, 0.2) is 6.61 Å². The van der Waals surface area contributed by atoms with Crippen LogP contribution in [0.1, 0.15) is 5.56 Å². The average molecular weight is 438 g/mol. The Kier molecular flexibility index (Phi) is 6.24. The van der Waals surface area contributed by atoms with Gasteiger partial charge in [-0.15, -0.1) is 0 Å². The number of amides is 1. The summed E-state index contributed by atoms with van der Waals surface area (Å²) in [4.78, 5) is 16.4. The van der Waals surface area contributed by atoms with Crippen LogP contribution in [-0.2, 0) is 11.3 Å². The second kappa shape index (κ2) is 9.40. The lowest BCUT2D eigenvalue weighted by atomic mass is 10.2. The van der Waals surface area contributed by atoms with Crippen molar-refractivity contribution >= 4 is 17.5 Å². The van der Waals surface area contributed by atoms with Crippen molar-refractivity contribution in [1.29, 1.82) is 0 Å². The molecule has 1 aromatic heterocycles. The van der Waals surface area contributed by atoms with Gasteiger partial charge in [-0.05, 0) is 42.0 Å². The van der Waals surface area contributed by atoms with Crippen LogP contribution in [0.4, 0.5) is 4.39 Å². The fourth-order valence-corrected chi connectivity index (χ4v) is 2.99. The molecule has 156 valence electrons. The first-order valence-corrected chi connectivity index (χ1v) is 9.79. The van der Waals surface area contributed by atoms with Crippen LogP contribution >= 0.6 is 11.6 Å². The minimum atomic E-state index is -0.500. The molecule has 0 aliphatic carbocycles. The number of carbonyl (C=O) groups excluding carboxylic acids is 1. The Balaban J connectivity index is 1.30. The predicted molar refractivity (Wildman–Crippen MR) is 114 cm³/mol. The number of carbonyl (C=O) groups is 1. The Hall–Kier alpha value is -3.71. The molecule has 0 aliphatic heterocycles. The van der Waals surface area contributed by atoms with E-state index in [1.54, 1.807) is 30.3 Å². The molecular formula is C23H17ClFN3O3. The maximum Gasteiger partial charge on any atom is 0.258 e. The number of benzene rings is 3. The van der Waals surface area contributed by atoms with Gasteiger partial charge >= 0.3 is 0 Å². The molecule has 0 bridgehead atoms. The van der Waals surface area contributed by atoms with Crippen molar-refractivity contribution in [3.63, 3.8) is 0 Å². The zero-order chi connectivity index (χ0) is 21.6. The first kappa shape index (κ1) is 20.6. The molecule has 8 heteroatoms. The fraction of sp³-hybridized carbons (Fsp3) is 0.0870. The zero-order valence-electron chi connectivity index (χ0n) is 16.2. The van der Waals surface area contributed by atoms with Crippen LogP contribution < -0.4 is 10.1 Å². The molecule has 1 N–H and O–H groups in total. The molecule has 6 nitrogen and oxygen atoms in total. The molecule has 0 spiro atoms. The second-order valence-electron chi connectivity index (χ2n) is 6.63. The van der Waals surface area contributed by atoms with Crippen molar-refractivity contribution < 1.29 is 18.4 Å². The fourth-order valence-electron chi connectivity index (χ4n) is 2.79. The van der Waals surface area contributed by atoms with Crippen LogP contribution in [0.15, 0.2) is 77.3 Å². The maximum atomic E-state index is 13.2. The van der Waals surface area contributed by atoms with Crippen LogP contribution in [-0.4, -0.2) is 22.7 Å². The van der Waals surface area contributed by atoms with Crippen LogP contribution in [0, 0.1) is 5.82 Å². The third-order valence-electron chi connectivity index (χ3n) is 4.40. The van der Waals surface area contributed by atoms with Gasteiger partial charge in [0.25, 0.3) is 11.8 Å². The van der Waals surface area contributed by atoms with E-state index in [-0.39, 0.29) is 24.1 Å². The number of aromatic nitrogens is 2. The van der Waals surface area contributed by atoms with E-state index in [0.29, 0.717) is 23.0 Å². The van der Waals surface area contributed by atoms with Gasteiger partial charge < -0.3 is 14.6 Å². The van der Waals surface area contributed by atoms with Gasteiger partial charge in [0.2, 0.25) is 5.82 Å². The minimum absolute atomic E-state index is 0.0141. The van der Waals surface area contributed by atoms with Crippen molar-refractivity contribution in [2.75, 3.05) is 6.61 Å². The molecular weight excluding hydrogens is 421 g/mol. The molecule has 1 amide bonds. The van der Waals surface area contributed by atoms with Crippen molar-refractivity contribution in [1.82, 2.24) is 15.5 Å². The molecule has 0 aliphatic rings. The first-order chi connectivity index (χ1) is 15.1. The number of ether oxygens (including phenoxy) is 1. The lowest BCUT2D eigenvalue weighted by Crippen LogP contribution is -2.28. The summed E-state index contributed by atoms with van der Waals surface area (Å²) in [6.07, 6.45) is 0. The number of halogens is 2. The summed E-state index contributed by atoms with van der Waals surface area (Å²) in [5, 5.41) is 6.71. The minimum Gasteiger partial charge on any atom is -0.484 e. The highest BCUT2D eigenvalue weighted by atomic mass is 35.5. The maximum absolute atomic E-state index is 13.2. The largest absolute Gasteiger partial charge is 0.484 e. The number of nitrogens with zero attached hydrogens (tertiary/aromatic N) is 2. The molecule has 0 unspecified atom stereocenters. The number of rotatable bonds is 7. The third-order valence-corrected chi connectivity index (χ3v) is 4.69. The monoisotopic (exact) mass is 437 g/mol. The van der Waals surface area contributed by atoms with E-state index in [1.807, 2.05) is 30.3 Å². The molecule has 0 saturated heterocycles. The van der Waals surface area contributed by atoms with Crippen LogP contribution in [0.5, 0.6) is 5.75 Å². The topological polar surface area (TPSA) is 77.2 Å². The highest BCUT2D eigenvalue weighted by Crippen LogP contribution is 2.24. The first-order valence-electron chi connectivity index (χ1n) is 9.41. The summed E-state index contributed by atoms with van der Waals surface area (Å²) in [5.41, 5.74) is 2.30. The Morgan fingerprint density at radius 2 is 1.81 bits per heavy atom. The van der Waals surface area contributed by atoms with Gasteiger partial charge in [0.05, 0.1) is 5.02 Å².